The van der Waals surface area contributed by atoms with Crippen molar-refractivity contribution in [3.63, 3.8) is 0 Å². The molecule has 2 aromatic rings. The number of hydrogen-bond donors (Lipinski definition) is 1. The molecule has 0 saturated heterocycles. The van der Waals surface area contributed by atoms with Crippen LogP contribution in [0.15, 0.2) is 58.3 Å². The Bertz CT molecular complexity index is 1070. The fourth-order valence-electron chi connectivity index (χ4n) is 2.80. The fourth-order valence-corrected chi connectivity index (χ4v) is 5.65. The third kappa shape index (κ3) is 4.59. The van der Waals surface area contributed by atoms with E-state index in [1.54, 1.807) is 45.0 Å². The van der Waals surface area contributed by atoms with Crippen molar-refractivity contribution in [1.29, 1.82) is 5.26 Å². The van der Waals surface area contributed by atoms with Crippen molar-refractivity contribution in [2.45, 2.75) is 36.6 Å². The summed E-state index contributed by atoms with van der Waals surface area (Å²) in [5.41, 5.74) is 0.666. The van der Waals surface area contributed by atoms with Crippen LogP contribution in [0.2, 0.25) is 0 Å². The number of sulfonamides is 2. The molecule has 0 aliphatic rings. The number of nitrogens with zero attached hydrogens (tertiary/aromatic N) is 2. The molecule has 0 saturated carbocycles. The molecule has 9 heteroatoms. The Morgan fingerprint density at radius 2 is 1.57 bits per heavy atom. The molecule has 1 atom stereocenters. The Hall–Kier alpha value is -2.25. The minimum atomic E-state index is -3.91. The zero-order valence-corrected chi connectivity index (χ0v) is 17.6. The average molecular weight is 422 g/mol. The van der Waals surface area contributed by atoms with Crippen LogP contribution >= 0.6 is 0 Å². The Balaban J connectivity index is 2.26. The molecule has 150 valence electrons. The van der Waals surface area contributed by atoms with Gasteiger partial charge in [0, 0.05) is 19.1 Å². The SMILES string of the molecule is CCN(CC)S(=O)(=O)c1ccc([C@@H](C)NS(=O)(=O)c2ccccc2C#N)cc1. The Morgan fingerprint density at radius 1 is 1.00 bits per heavy atom. The van der Waals surface area contributed by atoms with Crippen molar-refractivity contribution in [3.05, 3.63) is 59.7 Å². The van der Waals surface area contributed by atoms with E-state index in [-0.39, 0.29) is 15.4 Å². The van der Waals surface area contributed by atoms with E-state index in [1.165, 1.54) is 28.6 Å². The van der Waals surface area contributed by atoms with Crippen LogP contribution in [0, 0.1) is 11.3 Å². The summed E-state index contributed by atoms with van der Waals surface area (Å²) in [6, 6.07) is 13.3. The maximum Gasteiger partial charge on any atom is 0.243 e. The maximum absolute atomic E-state index is 12.6. The van der Waals surface area contributed by atoms with Crippen molar-refractivity contribution in [2.24, 2.45) is 0 Å². The summed E-state index contributed by atoms with van der Waals surface area (Å²) >= 11 is 0. The summed E-state index contributed by atoms with van der Waals surface area (Å²) in [4.78, 5) is 0.0647. The van der Waals surface area contributed by atoms with Crippen molar-refractivity contribution in [2.75, 3.05) is 13.1 Å². The molecule has 0 aliphatic carbocycles. The first-order valence-electron chi connectivity index (χ1n) is 8.79. The van der Waals surface area contributed by atoms with Gasteiger partial charge in [-0.1, -0.05) is 38.1 Å². The number of hydrogen-bond acceptors (Lipinski definition) is 5. The highest BCUT2D eigenvalue weighted by molar-refractivity contribution is 7.89. The van der Waals surface area contributed by atoms with Crippen LogP contribution in [-0.4, -0.2) is 34.2 Å². The zero-order chi connectivity index (χ0) is 20.9. The highest BCUT2D eigenvalue weighted by Crippen LogP contribution is 2.22. The molecule has 28 heavy (non-hydrogen) atoms. The standard InChI is InChI=1S/C19H23N3O4S2/c1-4-22(5-2)28(25,26)18-12-10-16(11-13-18)15(3)21-27(23,24)19-9-7-6-8-17(19)14-20/h6-13,15,21H,4-5H2,1-3H3/t15-/m1/s1. The average Bonchev–Trinajstić information content (AvgIpc) is 2.68. The third-order valence-electron chi connectivity index (χ3n) is 4.35. The predicted molar refractivity (Wildman–Crippen MR) is 106 cm³/mol. The molecular weight excluding hydrogens is 398 g/mol. The quantitative estimate of drug-likeness (QED) is 0.705. The van der Waals surface area contributed by atoms with E-state index in [0.29, 0.717) is 18.7 Å². The third-order valence-corrected chi connectivity index (χ3v) is 8.02. The number of benzene rings is 2. The molecule has 0 unspecified atom stereocenters. The van der Waals surface area contributed by atoms with Gasteiger partial charge in [0.25, 0.3) is 0 Å². The summed E-state index contributed by atoms with van der Waals surface area (Å²) < 4.78 is 54.2. The van der Waals surface area contributed by atoms with Gasteiger partial charge in [0.05, 0.1) is 15.4 Å². The smallest absolute Gasteiger partial charge is 0.207 e. The van der Waals surface area contributed by atoms with E-state index < -0.39 is 26.1 Å². The van der Waals surface area contributed by atoms with Crippen molar-refractivity contribution >= 4 is 20.0 Å². The van der Waals surface area contributed by atoms with Gasteiger partial charge in [-0.2, -0.15) is 9.57 Å². The molecule has 0 fully saturated rings. The van der Waals surface area contributed by atoms with E-state index in [9.17, 15) is 16.8 Å². The molecule has 7 nitrogen and oxygen atoms in total. The van der Waals surface area contributed by atoms with Gasteiger partial charge in [0.15, 0.2) is 0 Å². The van der Waals surface area contributed by atoms with Gasteiger partial charge in [-0.3, -0.25) is 0 Å². The number of nitrogens with one attached hydrogen (secondary N) is 1. The van der Waals surface area contributed by atoms with Crippen molar-refractivity contribution in [3.8, 4) is 6.07 Å². The second-order valence-electron chi connectivity index (χ2n) is 6.11. The van der Waals surface area contributed by atoms with Gasteiger partial charge < -0.3 is 0 Å². The highest BCUT2D eigenvalue weighted by Gasteiger charge is 2.24. The van der Waals surface area contributed by atoms with Crippen molar-refractivity contribution in [1.82, 2.24) is 9.03 Å². The summed E-state index contributed by atoms with van der Waals surface area (Å²) in [6.07, 6.45) is 0. The van der Waals surface area contributed by atoms with Crippen LogP contribution in [0.25, 0.3) is 0 Å². The summed E-state index contributed by atoms with van der Waals surface area (Å²) in [5.74, 6) is 0. The monoisotopic (exact) mass is 421 g/mol. The minimum absolute atomic E-state index is 0.0582. The number of rotatable bonds is 8. The van der Waals surface area contributed by atoms with Gasteiger partial charge in [-0.05, 0) is 36.8 Å². The molecule has 2 rings (SSSR count). The Kier molecular flexibility index (Phi) is 6.96. The highest BCUT2D eigenvalue weighted by atomic mass is 32.2. The summed E-state index contributed by atoms with van der Waals surface area (Å²) in [7, 11) is -7.48. The van der Waals surface area contributed by atoms with Gasteiger partial charge in [0.1, 0.15) is 6.07 Å². The molecule has 0 aliphatic heterocycles. The molecular formula is C19H23N3O4S2. The number of nitriles is 1. The van der Waals surface area contributed by atoms with Crippen LogP contribution in [0.4, 0.5) is 0 Å². The molecule has 0 heterocycles. The maximum atomic E-state index is 12.6. The molecule has 0 spiro atoms. The second kappa shape index (κ2) is 8.84. The topological polar surface area (TPSA) is 107 Å². The van der Waals surface area contributed by atoms with E-state index in [2.05, 4.69) is 4.72 Å². The molecule has 0 bridgehead atoms. The van der Waals surface area contributed by atoms with E-state index in [4.69, 9.17) is 5.26 Å². The summed E-state index contributed by atoms with van der Waals surface area (Å²) in [6.45, 7) is 5.93. The Morgan fingerprint density at radius 3 is 2.11 bits per heavy atom. The van der Waals surface area contributed by atoms with Gasteiger partial charge >= 0.3 is 0 Å². The van der Waals surface area contributed by atoms with E-state index >= 15 is 0 Å². The largest absolute Gasteiger partial charge is 0.243 e. The van der Waals surface area contributed by atoms with E-state index in [0.717, 1.165) is 0 Å². The van der Waals surface area contributed by atoms with Crippen LogP contribution in [0.1, 0.15) is 37.9 Å². The van der Waals surface area contributed by atoms with E-state index in [1.807, 2.05) is 6.07 Å². The van der Waals surface area contributed by atoms with Gasteiger partial charge in [-0.25, -0.2) is 21.6 Å². The van der Waals surface area contributed by atoms with Crippen LogP contribution in [0.5, 0.6) is 0 Å². The van der Waals surface area contributed by atoms with Crippen LogP contribution in [0.3, 0.4) is 0 Å². The minimum Gasteiger partial charge on any atom is -0.207 e. The normalized spacial score (nSPS) is 13.2. The van der Waals surface area contributed by atoms with Gasteiger partial charge in [-0.15, -0.1) is 0 Å². The lowest BCUT2D eigenvalue weighted by Gasteiger charge is -2.19. The lowest BCUT2D eigenvalue weighted by Crippen LogP contribution is -2.30. The van der Waals surface area contributed by atoms with Crippen LogP contribution in [-0.2, 0) is 20.0 Å². The zero-order valence-electron chi connectivity index (χ0n) is 16.0. The molecule has 0 radical (unpaired) electrons. The first kappa shape index (κ1) is 22.0. The first-order chi connectivity index (χ1) is 13.2. The molecule has 0 amide bonds. The van der Waals surface area contributed by atoms with Crippen LogP contribution < -0.4 is 4.72 Å². The Labute approximate surface area is 166 Å². The van der Waals surface area contributed by atoms with Gasteiger partial charge in [0.2, 0.25) is 20.0 Å². The molecule has 0 aromatic heterocycles. The molecule has 1 N–H and O–H groups in total. The summed E-state index contributed by atoms with van der Waals surface area (Å²) in [5, 5.41) is 9.12. The second-order valence-corrected chi connectivity index (χ2v) is 9.73. The predicted octanol–water partition coefficient (Wildman–Crippen LogP) is 2.63. The fraction of sp³-hybridized carbons (Fsp3) is 0.316. The van der Waals surface area contributed by atoms with Crippen molar-refractivity contribution < 1.29 is 16.8 Å². The molecule has 2 aromatic carbocycles. The lowest BCUT2D eigenvalue weighted by molar-refractivity contribution is 0.445. The lowest BCUT2D eigenvalue weighted by atomic mass is 10.1. The first-order valence-corrected chi connectivity index (χ1v) is 11.7.